The lowest BCUT2D eigenvalue weighted by molar-refractivity contribution is 0.179. The lowest BCUT2D eigenvalue weighted by atomic mass is 10.0. The van der Waals surface area contributed by atoms with Gasteiger partial charge in [-0.1, -0.05) is 34.1 Å². The van der Waals surface area contributed by atoms with Crippen LogP contribution < -0.4 is 5.73 Å². The van der Waals surface area contributed by atoms with Gasteiger partial charge in [0, 0.05) is 22.7 Å². The molecule has 0 aliphatic rings. The number of aromatic nitrogens is 1. The highest BCUT2D eigenvalue weighted by Gasteiger charge is 2.12. The summed E-state index contributed by atoms with van der Waals surface area (Å²) < 4.78 is 1.00. The zero-order valence-electron chi connectivity index (χ0n) is 9.18. The fraction of sp³-hybridized carbons (Fsp3) is 0.154. The van der Waals surface area contributed by atoms with Gasteiger partial charge in [0.1, 0.15) is 5.82 Å². The van der Waals surface area contributed by atoms with Gasteiger partial charge < -0.3 is 10.8 Å². The standard InChI is InChI=1S/C13H13BrN2O/c14-10-4-1-3-9(7-10)8-12(17)11-5-2-6-16-13(11)15/h1-7,12,17H,8H2,(H2,15,16). The van der Waals surface area contributed by atoms with Crippen LogP contribution in [0.4, 0.5) is 5.82 Å². The molecule has 1 atom stereocenters. The number of nitrogen functional groups attached to an aromatic ring is 1. The van der Waals surface area contributed by atoms with Crippen LogP contribution in [-0.4, -0.2) is 10.1 Å². The first-order chi connectivity index (χ1) is 8.16. The highest BCUT2D eigenvalue weighted by atomic mass is 79.9. The second kappa shape index (κ2) is 5.29. The Morgan fingerprint density at radius 1 is 1.29 bits per heavy atom. The fourth-order valence-electron chi connectivity index (χ4n) is 1.71. The lowest BCUT2D eigenvalue weighted by Crippen LogP contribution is -2.06. The summed E-state index contributed by atoms with van der Waals surface area (Å²) in [5, 5.41) is 10.1. The number of pyridine rings is 1. The van der Waals surface area contributed by atoms with Crippen molar-refractivity contribution in [3.8, 4) is 0 Å². The first kappa shape index (κ1) is 12.1. The van der Waals surface area contributed by atoms with Crippen LogP contribution in [0.5, 0.6) is 0 Å². The Morgan fingerprint density at radius 3 is 2.82 bits per heavy atom. The van der Waals surface area contributed by atoms with E-state index in [2.05, 4.69) is 20.9 Å². The van der Waals surface area contributed by atoms with Crippen molar-refractivity contribution in [3.63, 3.8) is 0 Å². The highest BCUT2D eigenvalue weighted by molar-refractivity contribution is 9.10. The summed E-state index contributed by atoms with van der Waals surface area (Å²) in [6.45, 7) is 0. The molecule has 4 heteroatoms. The van der Waals surface area contributed by atoms with E-state index in [0.29, 0.717) is 17.8 Å². The molecule has 1 aromatic heterocycles. The van der Waals surface area contributed by atoms with Gasteiger partial charge in [-0.05, 0) is 23.8 Å². The molecular formula is C13H13BrN2O. The van der Waals surface area contributed by atoms with Gasteiger partial charge in [-0.25, -0.2) is 4.98 Å². The number of anilines is 1. The van der Waals surface area contributed by atoms with Crippen molar-refractivity contribution >= 4 is 21.7 Å². The van der Waals surface area contributed by atoms with Crippen molar-refractivity contribution in [2.45, 2.75) is 12.5 Å². The van der Waals surface area contributed by atoms with Crippen molar-refractivity contribution in [2.75, 3.05) is 5.73 Å². The molecule has 0 aliphatic heterocycles. The second-order valence-electron chi connectivity index (χ2n) is 3.83. The van der Waals surface area contributed by atoms with E-state index < -0.39 is 6.10 Å². The molecule has 0 saturated heterocycles. The first-order valence-corrected chi connectivity index (χ1v) is 6.09. The zero-order valence-corrected chi connectivity index (χ0v) is 10.8. The molecule has 1 aromatic carbocycles. The van der Waals surface area contributed by atoms with Crippen molar-refractivity contribution in [3.05, 3.63) is 58.2 Å². The van der Waals surface area contributed by atoms with Gasteiger partial charge in [0.2, 0.25) is 0 Å². The summed E-state index contributed by atoms with van der Waals surface area (Å²) in [6, 6.07) is 11.4. The largest absolute Gasteiger partial charge is 0.388 e. The summed E-state index contributed by atoms with van der Waals surface area (Å²) in [6.07, 6.45) is 1.51. The van der Waals surface area contributed by atoms with Gasteiger partial charge in [0.15, 0.2) is 0 Å². The highest BCUT2D eigenvalue weighted by Crippen LogP contribution is 2.23. The maximum absolute atomic E-state index is 10.1. The molecule has 0 fully saturated rings. The van der Waals surface area contributed by atoms with Gasteiger partial charge >= 0.3 is 0 Å². The average Bonchev–Trinajstić information content (AvgIpc) is 2.29. The van der Waals surface area contributed by atoms with Crippen LogP contribution in [0.3, 0.4) is 0 Å². The molecule has 17 heavy (non-hydrogen) atoms. The molecule has 0 aliphatic carbocycles. The Morgan fingerprint density at radius 2 is 2.12 bits per heavy atom. The van der Waals surface area contributed by atoms with E-state index in [9.17, 15) is 5.11 Å². The smallest absolute Gasteiger partial charge is 0.129 e. The third-order valence-corrected chi connectivity index (χ3v) is 3.04. The van der Waals surface area contributed by atoms with E-state index >= 15 is 0 Å². The predicted molar refractivity (Wildman–Crippen MR) is 71.5 cm³/mol. The number of halogens is 1. The van der Waals surface area contributed by atoms with Crippen LogP contribution in [-0.2, 0) is 6.42 Å². The Bertz CT molecular complexity index is 516. The van der Waals surface area contributed by atoms with Crippen molar-refractivity contribution < 1.29 is 5.11 Å². The number of aliphatic hydroxyl groups excluding tert-OH is 1. The molecule has 2 aromatic rings. The van der Waals surface area contributed by atoms with Crippen LogP contribution in [0, 0.1) is 0 Å². The Hall–Kier alpha value is -1.39. The number of nitrogens with two attached hydrogens (primary N) is 1. The second-order valence-corrected chi connectivity index (χ2v) is 4.74. The predicted octanol–water partition coefficient (Wildman–Crippen LogP) is 2.70. The maximum Gasteiger partial charge on any atom is 0.129 e. The van der Waals surface area contributed by atoms with E-state index in [0.717, 1.165) is 10.0 Å². The summed E-state index contributed by atoms with van der Waals surface area (Å²) >= 11 is 3.40. The fourth-order valence-corrected chi connectivity index (χ4v) is 2.16. The van der Waals surface area contributed by atoms with E-state index in [1.807, 2.05) is 24.3 Å². The van der Waals surface area contributed by atoms with Crippen LogP contribution in [0.25, 0.3) is 0 Å². The van der Waals surface area contributed by atoms with Gasteiger partial charge in [0.05, 0.1) is 6.10 Å². The van der Waals surface area contributed by atoms with Crippen LogP contribution in [0.1, 0.15) is 17.2 Å². The van der Waals surface area contributed by atoms with Crippen molar-refractivity contribution in [1.82, 2.24) is 4.98 Å². The van der Waals surface area contributed by atoms with Gasteiger partial charge in [0.25, 0.3) is 0 Å². The Balaban J connectivity index is 2.17. The maximum atomic E-state index is 10.1. The number of rotatable bonds is 3. The first-order valence-electron chi connectivity index (χ1n) is 5.29. The SMILES string of the molecule is Nc1ncccc1C(O)Cc1cccc(Br)c1. The zero-order chi connectivity index (χ0) is 12.3. The monoisotopic (exact) mass is 292 g/mol. The van der Waals surface area contributed by atoms with Crippen LogP contribution in [0.2, 0.25) is 0 Å². The molecule has 3 N–H and O–H groups in total. The number of hydrogen-bond acceptors (Lipinski definition) is 3. The average molecular weight is 293 g/mol. The van der Waals surface area contributed by atoms with Crippen molar-refractivity contribution in [2.24, 2.45) is 0 Å². The van der Waals surface area contributed by atoms with Gasteiger partial charge in [-0.15, -0.1) is 0 Å². The van der Waals surface area contributed by atoms with E-state index in [4.69, 9.17) is 5.73 Å². The molecule has 0 amide bonds. The lowest BCUT2D eigenvalue weighted by Gasteiger charge is -2.12. The third-order valence-electron chi connectivity index (χ3n) is 2.55. The van der Waals surface area contributed by atoms with E-state index in [1.54, 1.807) is 18.3 Å². The topological polar surface area (TPSA) is 59.1 Å². The normalized spacial score (nSPS) is 12.4. The summed E-state index contributed by atoms with van der Waals surface area (Å²) in [4.78, 5) is 3.97. The number of aliphatic hydroxyl groups is 1. The number of nitrogens with zero attached hydrogens (tertiary/aromatic N) is 1. The summed E-state index contributed by atoms with van der Waals surface area (Å²) in [5.74, 6) is 0.384. The molecule has 0 saturated carbocycles. The van der Waals surface area contributed by atoms with Crippen LogP contribution >= 0.6 is 15.9 Å². The molecule has 0 bridgehead atoms. The molecular weight excluding hydrogens is 280 g/mol. The minimum absolute atomic E-state index is 0.384. The molecule has 0 radical (unpaired) electrons. The third kappa shape index (κ3) is 3.05. The summed E-state index contributed by atoms with van der Waals surface area (Å²) in [5.41, 5.74) is 7.45. The molecule has 2 rings (SSSR count). The quantitative estimate of drug-likeness (QED) is 0.914. The molecule has 1 unspecified atom stereocenters. The van der Waals surface area contributed by atoms with Crippen LogP contribution in [0.15, 0.2) is 47.1 Å². The Labute approximate surface area is 108 Å². The van der Waals surface area contributed by atoms with E-state index in [1.165, 1.54) is 0 Å². The van der Waals surface area contributed by atoms with E-state index in [-0.39, 0.29) is 0 Å². The Kier molecular flexibility index (Phi) is 3.76. The number of hydrogen-bond donors (Lipinski definition) is 2. The molecule has 1 heterocycles. The molecule has 88 valence electrons. The minimum Gasteiger partial charge on any atom is -0.388 e. The van der Waals surface area contributed by atoms with Gasteiger partial charge in [-0.2, -0.15) is 0 Å². The summed E-state index contributed by atoms with van der Waals surface area (Å²) in [7, 11) is 0. The molecule has 3 nitrogen and oxygen atoms in total. The number of benzene rings is 1. The van der Waals surface area contributed by atoms with Gasteiger partial charge in [-0.3, -0.25) is 0 Å². The molecule has 0 spiro atoms. The van der Waals surface area contributed by atoms with Crippen molar-refractivity contribution in [1.29, 1.82) is 0 Å². The minimum atomic E-state index is -0.627.